The fourth-order valence-corrected chi connectivity index (χ4v) is 3.71. The number of ether oxygens (including phenoxy) is 1. The predicted molar refractivity (Wildman–Crippen MR) is 136 cm³/mol. The summed E-state index contributed by atoms with van der Waals surface area (Å²) in [6, 6.07) is 18.1. The number of hydrogen-bond acceptors (Lipinski definition) is 3. The molecular formula is C24H32F3IN4O. The molecule has 9 heteroatoms. The second-order valence-corrected chi connectivity index (χ2v) is 7.97. The highest BCUT2D eigenvalue weighted by Gasteiger charge is 2.34. The van der Waals surface area contributed by atoms with Crippen LogP contribution in [-0.2, 0) is 24.5 Å². The molecule has 0 aliphatic carbocycles. The first kappa shape index (κ1) is 27.4. The molecule has 0 aromatic heterocycles. The van der Waals surface area contributed by atoms with Gasteiger partial charge in [-0.1, -0.05) is 54.6 Å². The molecule has 1 aliphatic rings. The molecule has 5 nitrogen and oxygen atoms in total. The van der Waals surface area contributed by atoms with Gasteiger partial charge in [-0.05, 0) is 30.0 Å². The Hall–Kier alpha value is -1.85. The van der Waals surface area contributed by atoms with Crippen LogP contribution in [0.1, 0.15) is 30.0 Å². The lowest BCUT2D eigenvalue weighted by Crippen LogP contribution is -2.45. The van der Waals surface area contributed by atoms with E-state index in [9.17, 15) is 13.2 Å². The molecule has 1 fully saturated rings. The van der Waals surface area contributed by atoms with Crippen molar-refractivity contribution in [3.8, 4) is 0 Å². The van der Waals surface area contributed by atoms with Crippen LogP contribution in [0.5, 0.6) is 0 Å². The molecule has 1 saturated heterocycles. The number of hydrogen-bond donors (Lipinski definition) is 2. The summed E-state index contributed by atoms with van der Waals surface area (Å²) >= 11 is 0. The third-order valence-electron chi connectivity index (χ3n) is 5.15. The van der Waals surface area contributed by atoms with E-state index in [4.69, 9.17) is 4.74 Å². The maximum Gasteiger partial charge on any atom is 0.401 e. The molecule has 2 aromatic carbocycles. The van der Waals surface area contributed by atoms with Gasteiger partial charge in [0.15, 0.2) is 5.96 Å². The highest BCUT2D eigenvalue weighted by Crippen LogP contribution is 2.20. The summed E-state index contributed by atoms with van der Waals surface area (Å²) in [6.07, 6.45) is -3.50. The standard InChI is InChI=1S/C24H31F3N4O.HI/c1-2-28-23(30-22-11-12-31(15-22)18-24(25,26)27)29-14-20-9-6-10-21(13-20)17-32-16-19-7-4-3-5-8-19;/h3-10,13,22H,2,11-12,14-18H2,1H3,(H2,28,29,30);1H. The topological polar surface area (TPSA) is 48.9 Å². The lowest BCUT2D eigenvalue weighted by Gasteiger charge is -2.19. The van der Waals surface area contributed by atoms with E-state index < -0.39 is 12.7 Å². The Balaban J connectivity index is 0.00000385. The quantitative estimate of drug-likeness (QED) is 0.258. The summed E-state index contributed by atoms with van der Waals surface area (Å²) in [6.45, 7) is 4.12. The first-order chi connectivity index (χ1) is 15.4. The molecule has 1 aliphatic heterocycles. The molecule has 2 aromatic rings. The molecule has 0 saturated carbocycles. The molecule has 0 amide bonds. The third kappa shape index (κ3) is 10.3. The van der Waals surface area contributed by atoms with Crippen LogP contribution in [0.2, 0.25) is 0 Å². The van der Waals surface area contributed by atoms with Crippen molar-refractivity contribution in [1.82, 2.24) is 15.5 Å². The summed E-state index contributed by atoms with van der Waals surface area (Å²) in [7, 11) is 0. The van der Waals surface area contributed by atoms with E-state index in [1.165, 1.54) is 4.90 Å². The van der Waals surface area contributed by atoms with Crippen molar-refractivity contribution >= 4 is 29.9 Å². The fourth-order valence-electron chi connectivity index (χ4n) is 3.71. The Morgan fingerprint density at radius 3 is 2.48 bits per heavy atom. The van der Waals surface area contributed by atoms with Gasteiger partial charge in [0.05, 0.1) is 26.3 Å². The average Bonchev–Trinajstić information content (AvgIpc) is 3.18. The van der Waals surface area contributed by atoms with Gasteiger partial charge >= 0.3 is 6.18 Å². The summed E-state index contributed by atoms with van der Waals surface area (Å²) in [5, 5.41) is 6.46. The van der Waals surface area contributed by atoms with Crippen molar-refractivity contribution in [3.63, 3.8) is 0 Å². The fraction of sp³-hybridized carbons (Fsp3) is 0.458. The summed E-state index contributed by atoms with van der Waals surface area (Å²) in [5.74, 6) is 0.622. The Labute approximate surface area is 210 Å². The van der Waals surface area contributed by atoms with Gasteiger partial charge in [-0.3, -0.25) is 4.90 Å². The largest absolute Gasteiger partial charge is 0.401 e. The monoisotopic (exact) mass is 576 g/mol. The number of guanidine groups is 1. The zero-order valence-corrected chi connectivity index (χ0v) is 21.1. The highest BCUT2D eigenvalue weighted by atomic mass is 127. The Kier molecular flexibility index (Phi) is 11.4. The Bertz CT molecular complexity index is 864. The van der Waals surface area contributed by atoms with Gasteiger partial charge in [0, 0.05) is 25.7 Å². The van der Waals surface area contributed by atoms with Crippen molar-refractivity contribution in [2.75, 3.05) is 26.2 Å². The van der Waals surface area contributed by atoms with Crippen LogP contribution in [0.15, 0.2) is 59.6 Å². The minimum absolute atomic E-state index is 0. The lowest BCUT2D eigenvalue weighted by atomic mass is 10.1. The lowest BCUT2D eigenvalue weighted by molar-refractivity contribution is -0.143. The molecule has 182 valence electrons. The van der Waals surface area contributed by atoms with Crippen LogP contribution in [-0.4, -0.2) is 49.3 Å². The molecule has 3 rings (SSSR count). The second kappa shape index (κ2) is 13.8. The predicted octanol–water partition coefficient (Wildman–Crippen LogP) is 4.71. The van der Waals surface area contributed by atoms with Gasteiger partial charge in [0.2, 0.25) is 0 Å². The maximum absolute atomic E-state index is 12.6. The van der Waals surface area contributed by atoms with Crippen LogP contribution in [0.25, 0.3) is 0 Å². The summed E-state index contributed by atoms with van der Waals surface area (Å²) in [5.41, 5.74) is 3.26. The average molecular weight is 576 g/mol. The molecule has 0 spiro atoms. The molecule has 0 radical (unpaired) electrons. The van der Waals surface area contributed by atoms with E-state index in [1.54, 1.807) is 0 Å². The first-order valence-corrected chi connectivity index (χ1v) is 10.9. The first-order valence-electron chi connectivity index (χ1n) is 10.9. The van der Waals surface area contributed by atoms with Gasteiger partial charge < -0.3 is 15.4 Å². The third-order valence-corrected chi connectivity index (χ3v) is 5.15. The van der Waals surface area contributed by atoms with Gasteiger partial charge in [-0.2, -0.15) is 13.2 Å². The summed E-state index contributed by atoms with van der Waals surface area (Å²) in [4.78, 5) is 6.06. The molecule has 1 atom stereocenters. The Morgan fingerprint density at radius 2 is 1.76 bits per heavy atom. The number of aliphatic imine (C=N–C) groups is 1. The highest BCUT2D eigenvalue weighted by molar-refractivity contribution is 14.0. The number of rotatable bonds is 9. The number of nitrogens with one attached hydrogen (secondary N) is 2. The van der Waals surface area contributed by atoms with Gasteiger partial charge in [0.1, 0.15) is 0 Å². The van der Waals surface area contributed by atoms with Crippen LogP contribution in [0.3, 0.4) is 0 Å². The zero-order chi connectivity index (χ0) is 22.8. The van der Waals surface area contributed by atoms with E-state index in [1.807, 2.05) is 55.5 Å². The molecule has 1 heterocycles. The molecular weight excluding hydrogens is 544 g/mol. The van der Waals surface area contributed by atoms with Crippen molar-refractivity contribution < 1.29 is 17.9 Å². The minimum atomic E-state index is -4.16. The van der Waals surface area contributed by atoms with Crippen molar-refractivity contribution in [3.05, 3.63) is 71.3 Å². The van der Waals surface area contributed by atoms with E-state index in [0.29, 0.717) is 51.8 Å². The number of benzene rings is 2. The minimum Gasteiger partial charge on any atom is -0.372 e. The van der Waals surface area contributed by atoms with E-state index in [0.717, 1.165) is 16.7 Å². The van der Waals surface area contributed by atoms with E-state index in [2.05, 4.69) is 21.7 Å². The SMILES string of the molecule is CCNC(=NCc1cccc(COCc2ccccc2)c1)NC1CCN(CC(F)(F)F)C1.I. The van der Waals surface area contributed by atoms with Crippen molar-refractivity contribution in [1.29, 1.82) is 0 Å². The normalized spacial score (nSPS) is 17.0. The van der Waals surface area contributed by atoms with E-state index >= 15 is 0 Å². The number of likely N-dealkylation sites (tertiary alicyclic amines) is 1. The van der Waals surface area contributed by atoms with Crippen LogP contribution in [0.4, 0.5) is 13.2 Å². The maximum atomic E-state index is 12.6. The molecule has 1 unspecified atom stereocenters. The van der Waals surface area contributed by atoms with Crippen molar-refractivity contribution in [2.45, 2.75) is 45.3 Å². The van der Waals surface area contributed by atoms with Crippen molar-refractivity contribution in [2.24, 2.45) is 4.99 Å². The smallest absolute Gasteiger partial charge is 0.372 e. The second-order valence-electron chi connectivity index (χ2n) is 7.97. The van der Waals surface area contributed by atoms with Gasteiger partial charge in [0.25, 0.3) is 0 Å². The van der Waals surface area contributed by atoms with Crippen LogP contribution < -0.4 is 10.6 Å². The van der Waals surface area contributed by atoms with Crippen LogP contribution in [0, 0.1) is 0 Å². The number of nitrogens with zero attached hydrogens (tertiary/aromatic N) is 2. The number of halogens is 4. The summed E-state index contributed by atoms with van der Waals surface area (Å²) < 4.78 is 43.7. The van der Waals surface area contributed by atoms with Crippen LogP contribution >= 0.6 is 24.0 Å². The van der Waals surface area contributed by atoms with Gasteiger partial charge in [-0.15, -0.1) is 24.0 Å². The number of alkyl halides is 3. The Morgan fingerprint density at radius 1 is 1.06 bits per heavy atom. The molecule has 0 bridgehead atoms. The molecule has 33 heavy (non-hydrogen) atoms. The zero-order valence-electron chi connectivity index (χ0n) is 18.8. The molecule has 2 N–H and O–H groups in total. The van der Waals surface area contributed by atoms with E-state index in [-0.39, 0.29) is 30.0 Å². The van der Waals surface area contributed by atoms with Gasteiger partial charge in [-0.25, -0.2) is 4.99 Å².